The molecule has 0 aliphatic rings. The molecular weight excluding hydrogens is 375 g/mol. The van der Waals surface area contributed by atoms with Gasteiger partial charge in [0.25, 0.3) is 0 Å². The van der Waals surface area contributed by atoms with E-state index in [4.69, 9.17) is 27.6 Å². The topological polar surface area (TPSA) is 30.2 Å². The van der Waals surface area contributed by atoms with Crippen LogP contribution in [0.5, 0.6) is 0 Å². The molecule has 0 fully saturated rings. The van der Waals surface area contributed by atoms with Crippen molar-refractivity contribution in [3.05, 3.63) is 73.6 Å². The lowest BCUT2D eigenvalue weighted by atomic mass is 9.95. The van der Waals surface area contributed by atoms with E-state index in [1.807, 2.05) is 31.2 Å². The first-order valence-electron chi connectivity index (χ1n) is 8.01. The average Bonchev–Trinajstić information content (AvgIpc) is 2.53. The average molecular weight is 393 g/mol. The lowest BCUT2D eigenvalue weighted by Gasteiger charge is -2.13. The van der Waals surface area contributed by atoms with Gasteiger partial charge in [-0.05, 0) is 53.8 Å². The smallest absolute Gasteiger partial charge is 0.336 e. The molecule has 0 amide bonds. The zero-order valence-electron chi connectivity index (χ0n) is 14.2. The van der Waals surface area contributed by atoms with Crippen molar-refractivity contribution in [2.24, 2.45) is 0 Å². The van der Waals surface area contributed by atoms with Gasteiger partial charge in [0.05, 0.1) is 10.0 Å². The zero-order valence-corrected chi connectivity index (χ0v) is 16.6. The molecule has 0 bridgehead atoms. The first kappa shape index (κ1) is 18.4. The molecule has 2 nitrogen and oxygen atoms in total. The molecule has 130 valence electrons. The van der Waals surface area contributed by atoms with Crippen LogP contribution in [-0.4, -0.2) is 0 Å². The van der Waals surface area contributed by atoms with E-state index < -0.39 is 0 Å². The number of hydrogen-bond donors (Lipinski definition) is 0. The largest absolute Gasteiger partial charge is 0.423 e. The minimum absolute atomic E-state index is 0.343. The fraction of sp³-hybridized carbons (Fsp3) is 0.250. The highest BCUT2D eigenvalue weighted by Gasteiger charge is 2.13. The van der Waals surface area contributed by atoms with Crippen molar-refractivity contribution in [1.29, 1.82) is 0 Å². The fourth-order valence-electron chi connectivity index (χ4n) is 2.90. The van der Waals surface area contributed by atoms with Crippen LogP contribution in [0.4, 0.5) is 0 Å². The van der Waals surface area contributed by atoms with Crippen LogP contribution >= 0.6 is 35.0 Å². The summed E-state index contributed by atoms with van der Waals surface area (Å²) in [6.45, 7) is 6.36. The Labute approximate surface area is 161 Å². The maximum Gasteiger partial charge on any atom is 0.336 e. The summed E-state index contributed by atoms with van der Waals surface area (Å²) in [6.07, 6.45) is 0. The van der Waals surface area contributed by atoms with Gasteiger partial charge in [0, 0.05) is 22.1 Å². The number of hydrogen-bond acceptors (Lipinski definition) is 3. The number of rotatable bonds is 4. The normalized spacial score (nSPS) is 11.4. The number of aryl methyl sites for hydroxylation is 1. The summed E-state index contributed by atoms with van der Waals surface area (Å²) in [6, 6.07) is 11.1. The van der Waals surface area contributed by atoms with Gasteiger partial charge in [-0.15, -0.1) is 11.8 Å². The summed E-state index contributed by atoms with van der Waals surface area (Å²) in [5, 5.41) is 2.19. The number of fused-ring (bicyclic) bond motifs is 1. The molecule has 1 aromatic heterocycles. The highest BCUT2D eigenvalue weighted by atomic mass is 35.5. The minimum Gasteiger partial charge on any atom is -0.423 e. The van der Waals surface area contributed by atoms with E-state index in [2.05, 4.69) is 19.9 Å². The monoisotopic (exact) mass is 392 g/mol. The van der Waals surface area contributed by atoms with Gasteiger partial charge < -0.3 is 4.42 Å². The molecule has 5 heteroatoms. The van der Waals surface area contributed by atoms with Gasteiger partial charge in [-0.25, -0.2) is 4.79 Å². The Morgan fingerprint density at radius 1 is 1.12 bits per heavy atom. The van der Waals surface area contributed by atoms with Gasteiger partial charge in [0.2, 0.25) is 0 Å². The summed E-state index contributed by atoms with van der Waals surface area (Å²) >= 11 is 14.0. The molecule has 3 rings (SSSR count). The molecule has 0 spiro atoms. The molecule has 3 aromatic rings. The molecule has 0 aliphatic carbocycles. The Morgan fingerprint density at radius 2 is 1.80 bits per heavy atom. The molecule has 0 N–H and O–H groups in total. The summed E-state index contributed by atoms with van der Waals surface area (Å²) < 4.78 is 5.40. The van der Waals surface area contributed by atoms with E-state index in [9.17, 15) is 4.79 Å². The second kappa shape index (κ2) is 7.45. The lowest BCUT2D eigenvalue weighted by molar-refractivity contribution is 0.559. The Morgan fingerprint density at radius 3 is 2.44 bits per heavy atom. The van der Waals surface area contributed by atoms with Crippen LogP contribution in [0, 0.1) is 6.92 Å². The highest BCUT2D eigenvalue weighted by Crippen LogP contribution is 2.37. The van der Waals surface area contributed by atoms with E-state index >= 15 is 0 Å². The number of halogens is 2. The van der Waals surface area contributed by atoms with Gasteiger partial charge in [0.1, 0.15) is 5.58 Å². The third-order valence-electron chi connectivity index (χ3n) is 4.13. The molecule has 0 aliphatic heterocycles. The fourth-order valence-corrected chi connectivity index (χ4v) is 4.58. The molecule has 2 aromatic carbocycles. The first-order valence-corrected chi connectivity index (χ1v) is 9.75. The van der Waals surface area contributed by atoms with Gasteiger partial charge in [-0.1, -0.05) is 43.1 Å². The van der Waals surface area contributed by atoms with Crippen LogP contribution in [0.1, 0.15) is 36.5 Å². The Bertz CT molecular complexity index is 973. The summed E-state index contributed by atoms with van der Waals surface area (Å²) in [4.78, 5) is 12.8. The molecule has 0 atom stereocenters. The maximum atomic E-state index is 12.0. The quantitative estimate of drug-likeness (QED) is 0.360. The van der Waals surface area contributed by atoms with Gasteiger partial charge in [0.15, 0.2) is 0 Å². The summed E-state index contributed by atoms with van der Waals surface area (Å²) in [5.74, 6) is 0.987. The molecule has 0 saturated heterocycles. The van der Waals surface area contributed by atoms with Crippen molar-refractivity contribution < 1.29 is 4.42 Å². The van der Waals surface area contributed by atoms with E-state index in [-0.39, 0.29) is 5.63 Å². The van der Waals surface area contributed by atoms with Crippen LogP contribution in [0.25, 0.3) is 11.0 Å². The maximum absolute atomic E-state index is 12.0. The third-order valence-corrected chi connectivity index (χ3v) is 6.17. The second-order valence-corrected chi connectivity index (χ2v) is 8.09. The van der Waals surface area contributed by atoms with E-state index in [1.165, 1.54) is 17.3 Å². The van der Waals surface area contributed by atoms with Crippen molar-refractivity contribution in [2.75, 3.05) is 0 Å². The predicted molar refractivity (Wildman–Crippen MR) is 107 cm³/mol. The zero-order chi connectivity index (χ0) is 18.1. The highest BCUT2D eigenvalue weighted by molar-refractivity contribution is 7.98. The predicted octanol–water partition coefficient (Wildman–Crippen LogP) is 6.82. The van der Waals surface area contributed by atoms with Crippen molar-refractivity contribution in [3.8, 4) is 0 Å². The van der Waals surface area contributed by atoms with E-state index in [0.717, 1.165) is 21.4 Å². The lowest BCUT2D eigenvalue weighted by Crippen LogP contribution is -2.02. The Balaban J connectivity index is 2.06. The molecule has 0 unspecified atom stereocenters. The molecule has 25 heavy (non-hydrogen) atoms. The number of benzene rings is 2. The number of thioether (sulfide) groups is 1. The van der Waals surface area contributed by atoms with E-state index in [1.54, 1.807) is 6.07 Å². The molecule has 1 heterocycles. The van der Waals surface area contributed by atoms with Crippen LogP contribution in [0.15, 0.2) is 50.5 Å². The summed E-state index contributed by atoms with van der Waals surface area (Å²) in [5.41, 5.74) is 3.59. The molecule has 0 saturated carbocycles. The minimum atomic E-state index is -0.343. The van der Waals surface area contributed by atoms with Gasteiger partial charge >= 0.3 is 5.63 Å². The Kier molecular flexibility index (Phi) is 5.47. The SMILES string of the molecule is Cc1cc2oc(=O)cc(CSc3c(Cl)cccc3Cl)c2cc1C(C)C. The van der Waals surface area contributed by atoms with Crippen molar-refractivity contribution in [1.82, 2.24) is 0 Å². The standard InChI is InChI=1S/C20H18Cl2O2S/c1-11(2)14-9-15-13(8-19(23)24-18(15)7-12(14)3)10-25-20-16(21)5-4-6-17(20)22/h4-9,11H,10H2,1-3H3. The third kappa shape index (κ3) is 3.89. The molecular formula is C20H18Cl2O2S. The summed E-state index contributed by atoms with van der Waals surface area (Å²) in [7, 11) is 0. The second-order valence-electron chi connectivity index (χ2n) is 6.29. The van der Waals surface area contributed by atoms with E-state index in [0.29, 0.717) is 27.3 Å². The first-order chi connectivity index (χ1) is 11.9. The Hall–Kier alpha value is -1.42. The van der Waals surface area contributed by atoms with Crippen LogP contribution < -0.4 is 5.63 Å². The van der Waals surface area contributed by atoms with Crippen molar-refractivity contribution in [2.45, 2.75) is 37.3 Å². The van der Waals surface area contributed by atoms with Crippen molar-refractivity contribution >= 4 is 45.9 Å². The molecule has 0 radical (unpaired) electrons. The van der Waals surface area contributed by atoms with Gasteiger partial charge in [-0.2, -0.15) is 0 Å². The van der Waals surface area contributed by atoms with Crippen LogP contribution in [-0.2, 0) is 5.75 Å². The van der Waals surface area contributed by atoms with Crippen LogP contribution in [0.2, 0.25) is 10.0 Å². The van der Waals surface area contributed by atoms with Crippen LogP contribution in [0.3, 0.4) is 0 Å². The van der Waals surface area contributed by atoms with Crippen molar-refractivity contribution in [3.63, 3.8) is 0 Å². The van der Waals surface area contributed by atoms with Gasteiger partial charge in [-0.3, -0.25) is 0 Å².